The first-order valence-electron chi connectivity index (χ1n) is 4.94. The van der Waals surface area contributed by atoms with E-state index in [1.54, 1.807) is 14.0 Å². The third-order valence-electron chi connectivity index (χ3n) is 2.45. The zero-order valence-corrected chi connectivity index (χ0v) is 9.82. The summed E-state index contributed by atoms with van der Waals surface area (Å²) in [7, 11) is 1.61. The van der Waals surface area contributed by atoms with Crippen molar-refractivity contribution in [2.24, 2.45) is 0 Å². The average Bonchev–Trinajstić information content (AvgIpc) is 2.27. The average molecular weight is 238 g/mol. The third kappa shape index (κ3) is 1.96. The molecule has 1 aromatic heterocycles. The molecule has 0 fully saturated rings. The van der Waals surface area contributed by atoms with E-state index in [4.69, 9.17) is 16.3 Å². The maximum absolute atomic E-state index is 9.53. The molecule has 2 aromatic rings. The Morgan fingerprint density at radius 3 is 2.75 bits per heavy atom. The lowest BCUT2D eigenvalue weighted by atomic mass is 10.1. The molecule has 1 aromatic carbocycles. The molecule has 0 amide bonds. The van der Waals surface area contributed by atoms with Crippen LogP contribution in [0.1, 0.15) is 18.6 Å². The highest BCUT2D eigenvalue weighted by Crippen LogP contribution is 2.27. The van der Waals surface area contributed by atoms with Crippen LogP contribution in [0.15, 0.2) is 24.3 Å². The number of benzene rings is 1. The van der Waals surface area contributed by atoms with Crippen LogP contribution in [-0.2, 0) is 0 Å². The number of pyridine rings is 1. The molecule has 1 heterocycles. The second kappa shape index (κ2) is 4.28. The van der Waals surface area contributed by atoms with Crippen molar-refractivity contribution in [3.05, 3.63) is 35.0 Å². The van der Waals surface area contributed by atoms with Crippen LogP contribution < -0.4 is 4.74 Å². The van der Waals surface area contributed by atoms with Crippen molar-refractivity contribution in [2.45, 2.75) is 13.0 Å². The Hall–Kier alpha value is -1.32. The first-order chi connectivity index (χ1) is 7.61. The Kier molecular flexibility index (Phi) is 2.99. The van der Waals surface area contributed by atoms with Crippen molar-refractivity contribution < 1.29 is 9.84 Å². The van der Waals surface area contributed by atoms with Gasteiger partial charge in [0.25, 0.3) is 0 Å². The van der Waals surface area contributed by atoms with Crippen LogP contribution in [-0.4, -0.2) is 17.2 Å². The van der Waals surface area contributed by atoms with Gasteiger partial charge in [0.2, 0.25) is 0 Å². The summed E-state index contributed by atoms with van der Waals surface area (Å²) < 4.78 is 5.13. The van der Waals surface area contributed by atoms with Gasteiger partial charge in [-0.3, -0.25) is 0 Å². The molecule has 0 aliphatic carbocycles. The standard InChI is InChI=1S/C12H12ClNO2/c1-7(15)10-6-8-5-9(16-2)3-4-11(8)14-12(10)13/h3-7,15H,1-2H3/t7-/m0/s1. The van der Waals surface area contributed by atoms with Crippen molar-refractivity contribution >= 4 is 22.5 Å². The SMILES string of the molecule is COc1ccc2nc(Cl)c([C@H](C)O)cc2c1. The number of fused-ring (bicyclic) bond motifs is 1. The summed E-state index contributed by atoms with van der Waals surface area (Å²) in [6.45, 7) is 1.66. The molecule has 4 heteroatoms. The highest BCUT2D eigenvalue weighted by Gasteiger charge is 2.09. The van der Waals surface area contributed by atoms with Crippen LogP contribution in [0, 0.1) is 0 Å². The summed E-state index contributed by atoms with van der Waals surface area (Å²) in [6.07, 6.45) is -0.629. The maximum atomic E-state index is 9.53. The van der Waals surface area contributed by atoms with E-state index in [9.17, 15) is 5.11 Å². The van der Waals surface area contributed by atoms with Gasteiger partial charge in [0.1, 0.15) is 10.9 Å². The van der Waals surface area contributed by atoms with E-state index in [0.29, 0.717) is 10.7 Å². The van der Waals surface area contributed by atoms with E-state index < -0.39 is 6.10 Å². The Labute approximate surface area is 98.6 Å². The molecule has 0 saturated heterocycles. The van der Waals surface area contributed by atoms with Crippen molar-refractivity contribution in [3.8, 4) is 5.75 Å². The molecule has 0 radical (unpaired) electrons. The number of hydrogen-bond acceptors (Lipinski definition) is 3. The first-order valence-corrected chi connectivity index (χ1v) is 5.32. The van der Waals surface area contributed by atoms with Gasteiger partial charge < -0.3 is 9.84 Å². The predicted molar refractivity (Wildman–Crippen MR) is 63.9 cm³/mol. The van der Waals surface area contributed by atoms with Gasteiger partial charge in [-0.25, -0.2) is 4.98 Å². The van der Waals surface area contributed by atoms with Crippen molar-refractivity contribution in [1.82, 2.24) is 4.98 Å². The third-order valence-corrected chi connectivity index (χ3v) is 2.76. The fraction of sp³-hybridized carbons (Fsp3) is 0.250. The van der Waals surface area contributed by atoms with Gasteiger partial charge >= 0.3 is 0 Å². The molecule has 3 nitrogen and oxygen atoms in total. The fourth-order valence-electron chi connectivity index (χ4n) is 1.57. The summed E-state index contributed by atoms with van der Waals surface area (Å²) >= 11 is 5.97. The monoisotopic (exact) mass is 237 g/mol. The number of halogens is 1. The summed E-state index contributed by atoms with van der Waals surface area (Å²) in [6, 6.07) is 7.36. The van der Waals surface area contributed by atoms with E-state index in [2.05, 4.69) is 4.98 Å². The van der Waals surface area contributed by atoms with Crippen LogP contribution in [0.4, 0.5) is 0 Å². The fourth-order valence-corrected chi connectivity index (χ4v) is 1.87. The molecule has 1 atom stereocenters. The Bertz CT molecular complexity index is 526. The molecule has 84 valence electrons. The van der Waals surface area contributed by atoms with E-state index in [-0.39, 0.29) is 0 Å². The molecular formula is C12H12ClNO2. The molecule has 2 rings (SSSR count). The first kappa shape index (κ1) is 11.2. The minimum absolute atomic E-state index is 0.340. The van der Waals surface area contributed by atoms with E-state index in [0.717, 1.165) is 16.7 Å². The van der Waals surface area contributed by atoms with Gasteiger partial charge in [-0.05, 0) is 31.2 Å². The van der Waals surface area contributed by atoms with Gasteiger partial charge in [-0.1, -0.05) is 11.6 Å². The zero-order valence-electron chi connectivity index (χ0n) is 9.07. The van der Waals surface area contributed by atoms with Crippen LogP contribution in [0.25, 0.3) is 10.9 Å². The van der Waals surface area contributed by atoms with Gasteiger partial charge in [-0.15, -0.1) is 0 Å². The van der Waals surface area contributed by atoms with Crippen LogP contribution in [0.2, 0.25) is 5.15 Å². The van der Waals surface area contributed by atoms with Crippen molar-refractivity contribution in [1.29, 1.82) is 0 Å². The lowest BCUT2D eigenvalue weighted by Gasteiger charge is -2.09. The smallest absolute Gasteiger partial charge is 0.135 e. The topological polar surface area (TPSA) is 42.4 Å². The number of aromatic nitrogens is 1. The van der Waals surface area contributed by atoms with Crippen molar-refractivity contribution in [2.75, 3.05) is 7.11 Å². The highest BCUT2D eigenvalue weighted by atomic mass is 35.5. The number of nitrogens with zero attached hydrogens (tertiary/aromatic N) is 1. The summed E-state index contributed by atoms with van der Waals surface area (Å²) in [5.74, 6) is 0.758. The molecule has 0 spiro atoms. The van der Waals surface area contributed by atoms with Gasteiger partial charge in [-0.2, -0.15) is 0 Å². The summed E-state index contributed by atoms with van der Waals surface area (Å²) in [5.41, 5.74) is 1.41. The molecule has 0 unspecified atom stereocenters. The molecule has 0 aliphatic rings. The van der Waals surface area contributed by atoms with Gasteiger partial charge in [0.15, 0.2) is 0 Å². The number of aliphatic hydroxyl groups excluding tert-OH is 1. The Balaban J connectivity index is 2.65. The van der Waals surface area contributed by atoms with Gasteiger partial charge in [0.05, 0.1) is 18.7 Å². The van der Waals surface area contributed by atoms with Gasteiger partial charge in [0, 0.05) is 10.9 Å². The summed E-state index contributed by atoms with van der Waals surface area (Å²) in [4.78, 5) is 4.22. The molecular weight excluding hydrogens is 226 g/mol. The summed E-state index contributed by atoms with van der Waals surface area (Å²) in [5, 5.41) is 10.8. The molecule has 16 heavy (non-hydrogen) atoms. The zero-order chi connectivity index (χ0) is 11.7. The highest BCUT2D eigenvalue weighted by molar-refractivity contribution is 6.30. The number of hydrogen-bond donors (Lipinski definition) is 1. The van der Waals surface area contributed by atoms with Crippen LogP contribution >= 0.6 is 11.6 Å². The Morgan fingerprint density at radius 1 is 1.38 bits per heavy atom. The molecule has 0 aliphatic heterocycles. The van der Waals surface area contributed by atoms with E-state index >= 15 is 0 Å². The number of aliphatic hydroxyl groups is 1. The number of rotatable bonds is 2. The van der Waals surface area contributed by atoms with E-state index in [1.165, 1.54) is 0 Å². The lowest BCUT2D eigenvalue weighted by Crippen LogP contribution is -1.95. The molecule has 0 saturated carbocycles. The maximum Gasteiger partial charge on any atom is 0.135 e. The molecule has 1 N–H and O–H groups in total. The second-order valence-corrected chi connectivity index (χ2v) is 3.96. The van der Waals surface area contributed by atoms with E-state index in [1.807, 2.05) is 24.3 Å². The van der Waals surface area contributed by atoms with Crippen molar-refractivity contribution in [3.63, 3.8) is 0 Å². The Morgan fingerprint density at radius 2 is 2.12 bits per heavy atom. The minimum Gasteiger partial charge on any atom is -0.497 e. The largest absolute Gasteiger partial charge is 0.497 e. The minimum atomic E-state index is -0.629. The molecule has 0 bridgehead atoms. The van der Waals surface area contributed by atoms with Crippen LogP contribution in [0.5, 0.6) is 5.75 Å². The number of methoxy groups -OCH3 is 1. The number of ether oxygens (including phenoxy) is 1. The normalized spacial score (nSPS) is 12.8. The predicted octanol–water partition coefficient (Wildman–Crippen LogP) is 2.95. The second-order valence-electron chi connectivity index (χ2n) is 3.60. The lowest BCUT2D eigenvalue weighted by molar-refractivity contribution is 0.199. The van der Waals surface area contributed by atoms with Crippen LogP contribution in [0.3, 0.4) is 0 Å². The quantitative estimate of drug-likeness (QED) is 0.817.